The third-order valence-electron chi connectivity index (χ3n) is 7.17. The van der Waals surface area contributed by atoms with Gasteiger partial charge in [0.2, 0.25) is 18.6 Å². The molecule has 6 heteroatoms. The molecule has 1 N–H and O–H groups in total. The van der Waals surface area contributed by atoms with Crippen LogP contribution in [0.1, 0.15) is 38.2 Å². The summed E-state index contributed by atoms with van der Waals surface area (Å²) in [5.74, 6) is 1.62. The third-order valence-corrected chi connectivity index (χ3v) is 7.17. The Balaban J connectivity index is 0.00000253. The van der Waals surface area contributed by atoms with Gasteiger partial charge in [0, 0.05) is 25.8 Å². The lowest BCUT2D eigenvalue weighted by Crippen LogP contribution is -2.27. The topological polar surface area (TPSA) is 67.9 Å². The number of nitrogens with one attached hydrogen (secondary N) is 1. The minimum absolute atomic E-state index is 0. The average molecular weight is 457 g/mol. The fraction of sp³-hybridized carbons (Fsp3) is 0.286. The highest BCUT2D eigenvalue weighted by atomic mass is 16.7. The number of hydrogen-bond donors (Lipinski definition) is 1. The lowest BCUT2D eigenvalue weighted by atomic mass is 9.94. The van der Waals surface area contributed by atoms with Gasteiger partial charge in [0.05, 0.1) is 5.41 Å². The first kappa shape index (κ1) is 20.8. The van der Waals surface area contributed by atoms with E-state index >= 15 is 0 Å². The molecule has 6 rings (SSSR count). The molecule has 174 valence electrons. The van der Waals surface area contributed by atoms with Crippen LogP contribution in [-0.4, -0.2) is 25.2 Å². The van der Waals surface area contributed by atoms with Crippen molar-refractivity contribution in [1.82, 2.24) is 0 Å². The minimum Gasteiger partial charge on any atom is -0.454 e. The van der Waals surface area contributed by atoms with Gasteiger partial charge in [0.25, 0.3) is 0 Å². The van der Waals surface area contributed by atoms with Crippen LogP contribution in [0, 0.1) is 6.92 Å². The van der Waals surface area contributed by atoms with Crippen molar-refractivity contribution in [2.45, 2.75) is 38.0 Å². The molecule has 1 saturated heterocycles. The Labute approximate surface area is 200 Å². The zero-order valence-electron chi connectivity index (χ0n) is 19.1. The molecule has 2 heterocycles. The number of fused-ring (bicyclic) bond motifs is 1. The van der Waals surface area contributed by atoms with Crippen LogP contribution in [0.2, 0.25) is 0 Å². The van der Waals surface area contributed by atoms with Gasteiger partial charge < -0.3 is 19.7 Å². The normalized spacial score (nSPS) is 17.7. The van der Waals surface area contributed by atoms with E-state index in [9.17, 15) is 9.59 Å². The number of nitrogens with zero attached hydrogens (tertiary/aromatic N) is 1. The van der Waals surface area contributed by atoms with E-state index in [1.807, 2.05) is 65.6 Å². The van der Waals surface area contributed by atoms with Crippen LogP contribution in [0.3, 0.4) is 0 Å². The summed E-state index contributed by atoms with van der Waals surface area (Å²) < 4.78 is 10.9. The molecular weight excluding hydrogens is 428 g/mol. The Kier molecular flexibility index (Phi) is 4.83. The zero-order chi connectivity index (χ0) is 23.3. The summed E-state index contributed by atoms with van der Waals surface area (Å²) in [7, 11) is 0. The van der Waals surface area contributed by atoms with E-state index in [0.717, 1.165) is 65.2 Å². The fourth-order valence-electron chi connectivity index (χ4n) is 4.97. The van der Waals surface area contributed by atoms with E-state index in [1.165, 1.54) is 0 Å². The summed E-state index contributed by atoms with van der Waals surface area (Å²) in [6.07, 6.45) is 3.16. The molecule has 2 fully saturated rings. The number of amides is 2. The summed E-state index contributed by atoms with van der Waals surface area (Å²) in [4.78, 5) is 27.2. The molecule has 0 unspecified atom stereocenters. The average Bonchev–Trinajstić information content (AvgIpc) is 3.34. The lowest BCUT2D eigenvalue weighted by Gasteiger charge is -2.18. The Hall–Kier alpha value is -3.80. The van der Waals surface area contributed by atoms with Gasteiger partial charge in [0.15, 0.2) is 11.5 Å². The predicted molar refractivity (Wildman–Crippen MR) is 132 cm³/mol. The summed E-state index contributed by atoms with van der Waals surface area (Å²) in [5, 5.41) is 3.15. The van der Waals surface area contributed by atoms with E-state index < -0.39 is 5.41 Å². The highest BCUT2D eigenvalue weighted by Crippen LogP contribution is 2.51. The van der Waals surface area contributed by atoms with Crippen LogP contribution in [0.5, 0.6) is 11.5 Å². The second-order valence-electron chi connectivity index (χ2n) is 9.33. The molecule has 34 heavy (non-hydrogen) atoms. The van der Waals surface area contributed by atoms with Crippen molar-refractivity contribution in [3.63, 3.8) is 0 Å². The molecule has 6 nitrogen and oxygen atoms in total. The van der Waals surface area contributed by atoms with Crippen LogP contribution in [0.4, 0.5) is 11.4 Å². The van der Waals surface area contributed by atoms with Crippen LogP contribution in [0.15, 0.2) is 60.7 Å². The summed E-state index contributed by atoms with van der Waals surface area (Å²) in [5.41, 5.74) is 5.40. The first-order valence-electron chi connectivity index (χ1n) is 11.8. The van der Waals surface area contributed by atoms with Gasteiger partial charge in [-0.05, 0) is 84.8 Å². The van der Waals surface area contributed by atoms with Gasteiger partial charge in [-0.25, -0.2) is 0 Å². The van der Waals surface area contributed by atoms with E-state index in [2.05, 4.69) is 12.2 Å². The second-order valence-corrected chi connectivity index (χ2v) is 9.33. The molecule has 1 saturated carbocycles. The fourth-order valence-corrected chi connectivity index (χ4v) is 4.97. The summed E-state index contributed by atoms with van der Waals surface area (Å²) in [6, 6.07) is 19.9. The molecular formula is C28H28N2O4. The molecule has 3 aromatic carbocycles. The maximum absolute atomic E-state index is 13.3. The van der Waals surface area contributed by atoms with Gasteiger partial charge in [-0.15, -0.1) is 0 Å². The van der Waals surface area contributed by atoms with Crippen molar-refractivity contribution >= 4 is 23.2 Å². The third kappa shape index (κ3) is 3.50. The van der Waals surface area contributed by atoms with Crippen LogP contribution in [-0.2, 0) is 15.0 Å². The Morgan fingerprint density at radius 1 is 1.00 bits per heavy atom. The number of hydrogen-bond acceptors (Lipinski definition) is 4. The Bertz CT molecular complexity index is 1300. The van der Waals surface area contributed by atoms with E-state index in [0.29, 0.717) is 12.2 Å². The maximum Gasteiger partial charge on any atom is 0.235 e. The molecule has 3 aliphatic rings. The predicted octanol–water partition coefficient (Wildman–Crippen LogP) is 5.43. The van der Waals surface area contributed by atoms with Crippen molar-refractivity contribution < 1.29 is 20.5 Å². The van der Waals surface area contributed by atoms with Crippen molar-refractivity contribution in [3.05, 3.63) is 71.8 Å². The monoisotopic (exact) mass is 456 g/mol. The van der Waals surface area contributed by atoms with Crippen molar-refractivity contribution in [2.75, 3.05) is 23.6 Å². The lowest BCUT2D eigenvalue weighted by molar-refractivity contribution is -0.118. The number of carbonyl (C=O) groups is 2. The van der Waals surface area contributed by atoms with E-state index in [1.54, 1.807) is 0 Å². The quantitative estimate of drug-likeness (QED) is 0.556. The highest BCUT2D eigenvalue weighted by Gasteiger charge is 2.51. The summed E-state index contributed by atoms with van der Waals surface area (Å²) in [6.45, 7) is 3.07. The van der Waals surface area contributed by atoms with E-state index in [4.69, 9.17) is 9.47 Å². The van der Waals surface area contributed by atoms with Gasteiger partial charge >= 0.3 is 0 Å². The van der Waals surface area contributed by atoms with Crippen LogP contribution in [0.25, 0.3) is 11.1 Å². The number of benzene rings is 3. The maximum atomic E-state index is 13.3. The molecule has 0 radical (unpaired) electrons. The number of carbonyl (C=O) groups excluding carboxylic acids is 2. The second kappa shape index (κ2) is 7.90. The van der Waals surface area contributed by atoms with Crippen LogP contribution < -0.4 is 19.7 Å². The molecule has 0 spiro atoms. The van der Waals surface area contributed by atoms with Gasteiger partial charge in [-0.2, -0.15) is 0 Å². The molecule has 3 aromatic rings. The minimum atomic E-state index is -0.518. The first-order valence-corrected chi connectivity index (χ1v) is 11.8. The molecule has 1 aliphatic carbocycles. The molecule has 0 aromatic heterocycles. The van der Waals surface area contributed by atoms with Gasteiger partial charge in [-0.1, -0.05) is 24.3 Å². The first-order chi connectivity index (χ1) is 16.5. The Morgan fingerprint density at radius 2 is 1.79 bits per heavy atom. The summed E-state index contributed by atoms with van der Waals surface area (Å²) >= 11 is 0. The number of anilines is 2. The Morgan fingerprint density at radius 3 is 2.53 bits per heavy atom. The van der Waals surface area contributed by atoms with Gasteiger partial charge in [-0.3, -0.25) is 9.59 Å². The van der Waals surface area contributed by atoms with Crippen molar-refractivity contribution in [2.24, 2.45) is 0 Å². The molecule has 2 aliphatic heterocycles. The van der Waals surface area contributed by atoms with Crippen molar-refractivity contribution in [1.29, 1.82) is 0 Å². The standard InChI is InChI=1S/C28H26N2O4.H2/c1-18-4-8-21(16-23(18)19-5-9-22(10-6-19)30-14-2-3-26(30)31)29-27(32)28(12-13-28)20-7-11-24-25(15-20)34-17-33-24;/h4-11,15-16H,2-3,12-14,17H2,1H3,(H,29,32);1H. The molecule has 2 amide bonds. The number of aryl methyl sites for hydroxylation is 1. The van der Waals surface area contributed by atoms with Crippen LogP contribution >= 0.6 is 0 Å². The zero-order valence-corrected chi connectivity index (χ0v) is 19.1. The number of ether oxygens (including phenoxy) is 2. The van der Waals surface area contributed by atoms with Crippen molar-refractivity contribution in [3.8, 4) is 22.6 Å². The molecule has 0 atom stereocenters. The highest BCUT2D eigenvalue weighted by molar-refractivity contribution is 6.02. The largest absolute Gasteiger partial charge is 0.454 e. The smallest absolute Gasteiger partial charge is 0.235 e. The molecule has 0 bridgehead atoms. The van der Waals surface area contributed by atoms with Gasteiger partial charge in [0.1, 0.15) is 0 Å². The SMILES string of the molecule is Cc1ccc(NC(=O)C2(c3ccc4c(c3)OCO4)CC2)cc1-c1ccc(N2CCCC2=O)cc1.[HH]. The van der Waals surface area contributed by atoms with E-state index in [-0.39, 0.29) is 20.0 Å². The number of rotatable bonds is 5.